The molecule has 1 nitrogen and oxygen atoms in total. The number of carbonyl (C=O) groups excluding carboxylic acids is 1. The van der Waals surface area contributed by atoms with Gasteiger partial charge in [0, 0.05) is 5.56 Å². The second-order valence-electron chi connectivity index (χ2n) is 3.15. The fourth-order valence-electron chi connectivity index (χ4n) is 1.13. The van der Waals surface area contributed by atoms with Crippen molar-refractivity contribution in [3.8, 4) is 0 Å². The quantitative estimate of drug-likeness (QED) is 0.550. The van der Waals surface area contributed by atoms with Gasteiger partial charge in [-0.3, -0.25) is 4.79 Å². The number of aryl methyl sites for hydroxylation is 2. The van der Waals surface area contributed by atoms with Crippen molar-refractivity contribution in [3.05, 3.63) is 34.9 Å². The molecule has 0 unspecified atom stereocenters. The molecule has 76 valence electrons. The maximum atomic E-state index is 12.5. The van der Waals surface area contributed by atoms with Crippen LogP contribution < -0.4 is 0 Å². The van der Waals surface area contributed by atoms with E-state index in [9.17, 15) is 13.6 Å². The number of alkyl halides is 3. The predicted molar refractivity (Wildman–Crippen MR) is 51.0 cm³/mol. The van der Waals surface area contributed by atoms with E-state index in [2.05, 4.69) is 11.6 Å². The van der Waals surface area contributed by atoms with E-state index in [1.807, 2.05) is 0 Å². The topological polar surface area (TPSA) is 17.1 Å². The molecule has 1 aromatic rings. The van der Waals surface area contributed by atoms with Gasteiger partial charge in [-0.15, -0.1) is 0 Å². The van der Waals surface area contributed by atoms with E-state index >= 15 is 0 Å². The highest BCUT2D eigenvalue weighted by atomic mass is 35.5. The van der Waals surface area contributed by atoms with E-state index in [0.717, 1.165) is 5.56 Å². The Labute approximate surface area is 85.7 Å². The molecule has 0 amide bonds. The maximum Gasteiger partial charge on any atom is 0.384 e. The molecule has 0 N–H and O–H groups in total. The second-order valence-corrected chi connectivity index (χ2v) is 3.62. The van der Waals surface area contributed by atoms with Crippen molar-refractivity contribution in [2.45, 2.75) is 19.2 Å². The van der Waals surface area contributed by atoms with Gasteiger partial charge >= 0.3 is 5.38 Å². The van der Waals surface area contributed by atoms with Crippen LogP contribution >= 0.6 is 11.6 Å². The monoisotopic (exact) mass is 218 g/mol. The fourth-order valence-corrected chi connectivity index (χ4v) is 1.23. The molecule has 0 bridgehead atoms. The van der Waals surface area contributed by atoms with Crippen molar-refractivity contribution in [2.75, 3.05) is 0 Å². The summed E-state index contributed by atoms with van der Waals surface area (Å²) < 4.78 is 25.1. The molecule has 1 rings (SSSR count). The van der Waals surface area contributed by atoms with Gasteiger partial charge in [0.25, 0.3) is 0 Å². The van der Waals surface area contributed by atoms with Gasteiger partial charge < -0.3 is 0 Å². The van der Waals surface area contributed by atoms with Crippen LogP contribution in [0.5, 0.6) is 0 Å². The number of ketones is 1. The van der Waals surface area contributed by atoms with Crippen molar-refractivity contribution in [3.63, 3.8) is 0 Å². The molecule has 0 atom stereocenters. The lowest BCUT2D eigenvalue weighted by Crippen LogP contribution is -2.22. The molecular formula is C10H9ClF2O. The number of rotatable bonds is 2. The minimum absolute atomic E-state index is 0.0231. The minimum atomic E-state index is -3.82. The average molecular weight is 219 g/mol. The Morgan fingerprint density at radius 2 is 1.93 bits per heavy atom. The van der Waals surface area contributed by atoms with Crippen molar-refractivity contribution in [1.82, 2.24) is 0 Å². The van der Waals surface area contributed by atoms with Gasteiger partial charge in [0.1, 0.15) is 0 Å². The Bertz CT molecular complexity index is 369. The Balaban J connectivity index is 3.19. The molecule has 0 saturated heterocycles. The SMILES string of the molecule is Cc1ccc(C)c(C(=O)C(F)(F)Cl)c1. The predicted octanol–water partition coefficient (Wildman–Crippen LogP) is 3.32. The highest BCUT2D eigenvalue weighted by molar-refractivity contribution is 6.35. The Morgan fingerprint density at radius 1 is 1.36 bits per heavy atom. The van der Waals surface area contributed by atoms with Crippen LogP contribution in [0.4, 0.5) is 8.78 Å². The zero-order chi connectivity index (χ0) is 10.9. The molecule has 1 aromatic carbocycles. The number of carbonyl (C=O) groups is 1. The van der Waals surface area contributed by atoms with Crippen LogP contribution in [-0.2, 0) is 0 Å². The number of hydrogen-bond acceptors (Lipinski definition) is 1. The normalized spacial score (nSPS) is 11.5. The molecule has 0 spiro atoms. The molecule has 4 heteroatoms. The lowest BCUT2D eigenvalue weighted by atomic mass is 10.0. The van der Waals surface area contributed by atoms with Crippen LogP contribution in [0.3, 0.4) is 0 Å². The molecule has 0 fully saturated rings. The third-order valence-electron chi connectivity index (χ3n) is 1.90. The van der Waals surface area contributed by atoms with Crippen LogP contribution in [0, 0.1) is 13.8 Å². The zero-order valence-electron chi connectivity index (χ0n) is 7.77. The first-order valence-electron chi connectivity index (χ1n) is 4.01. The van der Waals surface area contributed by atoms with Crippen molar-refractivity contribution < 1.29 is 13.6 Å². The van der Waals surface area contributed by atoms with E-state index in [1.54, 1.807) is 26.0 Å². The largest absolute Gasteiger partial charge is 0.384 e. The molecule has 0 aliphatic rings. The van der Waals surface area contributed by atoms with Crippen LogP contribution in [-0.4, -0.2) is 11.2 Å². The van der Waals surface area contributed by atoms with E-state index in [1.165, 1.54) is 6.07 Å². The first kappa shape index (κ1) is 11.1. The van der Waals surface area contributed by atoms with Gasteiger partial charge in [0.2, 0.25) is 5.78 Å². The van der Waals surface area contributed by atoms with Gasteiger partial charge in [-0.1, -0.05) is 17.7 Å². The summed E-state index contributed by atoms with van der Waals surface area (Å²) in [6, 6.07) is 4.78. The van der Waals surface area contributed by atoms with Crippen LogP contribution in [0.15, 0.2) is 18.2 Å². The van der Waals surface area contributed by atoms with Crippen molar-refractivity contribution >= 4 is 17.4 Å². The second kappa shape index (κ2) is 3.65. The molecule has 0 saturated carbocycles. The van der Waals surface area contributed by atoms with Gasteiger partial charge in [-0.05, 0) is 37.1 Å². The van der Waals surface area contributed by atoms with Crippen molar-refractivity contribution in [2.24, 2.45) is 0 Å². The first-order valence-corrected chi connectivity index (χ1v) is 4.39. The molecule has 0 heterocycles. The molecule has 14 heavy (non-hydrogen) atoms. The summed E-state index contributed by atoms with van der Waals surface area (Å²) in [7, 11) is 0. The average Bonchev–Trinajstić information content (AvgIpc) is 2.06. The smallest absolute Gasteiger partial charge is 0.286 e. The number of halogens is 3. The van der Waals surface area contributed by atoms with Crippen LogP contribution in [0.2, 0.25) is 0 Å². The van der Waals surface area contributed by atoms with Gasteiger partial charge in [-0.2, -0.15) is 8.78 Å². The Hall–Kier alpha value is -0.960. The summed E-state index contributed by atoms with van der Waals surface area (Å²) in [4.78, 5) is 11.2. The molecule has 0 aliphatic carbocycles. The van der Waals surface area contributed by atoms with Crippen LogP contribution in [0.1, 0.15) is 21.5 Å². The van der Waals surface area contributed by atoms with E-state index in [-0.39, 0.29) is 5.56 Å². The number of hydrogen-bond donors (Lipinski definition) is 0. The van der Waals surface area contributed by atoms with Crippen LogP contribution in [0.25, 0.3) is 0 Å². The Morgan fingerprint density at radius 3 is 2.43 bits per heavy atom. The molecule has 0 aliphatic heterocycles. The third kappa shape index (κ3) is 2.29. The fraction of sp³-hybridized carbons (Fsp3) is 0.300. The summed E-state index contributed by atoms with van der Waals surface area (Å²) in [5.74, 6) is -1.35. The third-order valence-corrected chi connectivity index (χ3v) is 2.07. The highest BCUT2D eigenvalue weighted by Crippen LogP contribution is 2.26. The summed E-state index contributed by atoms with van der Waals surface area (Å²) in [5.41, 5.74) is 1.23. The maximum absolute atomic E-state index is 12.5. The summed E-state index contributed by atoms with van der Waals surface area (Å²) in [5, 5.41) is -3.82. The van der Waals surface area contributed by atoms with E-state index < -0.39 is 11.2 Å². The molecule has 0 radical (unpaired) electrons. The summed E-state index contributed by atoms with van der Waals surface area (Å²) in [6.07, 6.45) is 0. The van der Waals surface area contributed by atoms with E-state index in [0.29, 0.717) is 5.56 Å². The van der Waals surface area contributed by atoms with Gasteiger partial charge in [-0.25, -0.2) is 0 Å². The lowest BCUT2D eigenvalue weighted by molar-refractivity contribution is 0.0535. The van der Waals surface area contributed by atoms with Gasteiger partial charge in [0.05, 0.1) is 0 Å². The molecule has 0 aromatic heterocycles. The van der Waals surface area contributed by atoms with E-state index in [4.69, 9.17) is 0 Å². The zero-order valence-corrected chi connectivity index (χ0v) is 8.53. The lowest BCUT2D eigenvalue weighted by Gasteiger charge is -2.09. The summed E-state index contributed by atoms with van der Waals surface area (Å²) in [6.45, 7) is 3.32. The molecular weight excluding hydrogens is 210 g/mol. The standard InChI is InChI=1S/C10H9ClF2O/c1-6-3-4-7(2)8(5-6)9(14)10(11,12)13/h3-5H,1-2H3. The summed E-state index contributed by atoms with van der Waals surface area (Å²) >= 11 is 4.66. The first-order chi connectivity index (χ1) is 6.32. The number of Topliss-reactive ketones (excluding diaryl/α,β-unsaturated/α-hetero) is 1. The Kier molecular flexibility index (Phi) is 2.90. The highest BCUT2D eigenvalue weighted by Gasteiger charge is 2.37. The van der Waals surface area contributed by atoms with Crippen molar-refractivity contribution in [1.29, 1.82) is 0 Å². The number of benzene rings is 1. The van der Waals surface area contributed by atoms with Gasteiger partial charge in [0.15, 0.2) is 0 Å². The minimum Gasteiger partial charge on any atom is -0.286 e.